The molecule has 1 unspecified atom stereocenters. The minimum absolute atomic E-state index is 0.0100. The molecule has 2 aromatic rings. The summed E-state index contributed by atoms with van der Waals surface area (Å²) in [5.41, 5.74) is 7.73. The molecule has 4 nitrogen and oxygen atoms in total. The van der Waals surface area contributed by atoms with Gasteiger partial charge in [0.05, 0.1) is 19.3 Å². The standard InChI is InChI=1S/C16H22N2O2/c1-12(2)11-19-8-7-18-14(10-17)16-9-13-5-3-4-6-15(13)20-16/h3-6,9,14,18H,1,7-8,10-11,17H2,2H3. The van der Waals surface area contributed by atoms with Crippen LogP contribution in [0.4, 0.5) is 0 Å². The molecule has 1 heterocycles. The second kappa shape index (κ2) is 7.24. The first-order valence-electron chi connectivity index (χ1n) is 6.84. The number of furan rings is 1. The lowest BCUT2D eigenvalue weighted by Gasteiger charge is -2.14. The number of para-hydroxylation sites is 1. The van der Waals surface area contributed by atoms with Crippen molar-refractivity contribution < 1.29 is 9.15 Å². The van der Waals surface area contributed by atoms with E-state index in [1.54, 1.807) is 0 Å². The van der Waals surface area contributed by atoms with Crippen LogP contribution in [0.3, 0.4) is 0 Å². The first-order valence-corrected chi connectivity index (χ1v) is 6.84. The number of fused-ring (bicyclic) bond motifs is 1. The Kier molecular flexibility index (Phi) is 5.35. The summed E-state index contributed by atoms with van der Waals surface area (Å²) in [6.45, 7) is 8.18. The molecule has 0 amide bonds. The maximum Gasteiger partial charge on any atom is 0.134 e. The molecule has 0 fully saturated rings. The van der Waals surface area contributed by atoms with E-state index in [2.05, 4.69) is 11.9 Å². The largest absolute Gasteiger partial charge is 0.459 e. The van der Waals surface area contributed by atoms with Crippen molar-refractivity contribution in [3.8, 4) is 0 Å². The van der Waals surface area contributed by atoms with E-state index in [1.165, 1.54) is 0 Å². The van der Waals surface area contributed by atoms with Crippen molar-refractivity contribution in [2.24, 2.45) is 5.73 Å². The van der Waals surface area contributed by atoms with Crippen LogP contribution in [-0.4, -0.2) is 26.3 Å². The van der Waals surface area contributed by atoms with Crippen molar-refractivity contribution in [1.82, 2.24) is 5.32 Å². The van der Waals surface area contributed by atoms with Crippen molar-refractivity contribution in [3.05, 3.63) is 48.2 Å². The van der Waals surface area contributed by atoms with Crippen LogP contribution in [0, 0.1) is 0 Å². The van der Waals surface area contributed by atoms with E-state index in [0.717, 1.165) is 28.8 Å². The summed E-state index contributed by atoms with van der Waals surface area (Å²) in [5.74, 6) is 0.869. The SMILES string of the molecule is C=C(C)COCCNC(CN)c1cc2ccccc2o1. The lowest BCUT2D eigenvalue weighted by molar-refractivity contribution is 0.154. The van der Waals surface area contributed by atoms with E-state index in [-0.39, 0.29) is 6.04 Å². The fraction of sp³-hybridized carbons (Fsp3) is 0.375. The van der Waals surface area contributed by atoms with Gasteiger partial charge in [0.1, 0.15) is 11.3 Å². The van der Waals surface area contributed by atoms with E-state index in [4.69, 9.17) is 14.9 Å². The number of hydrogen-bond acceptors (Lipinski definition) is 4. The third kappa shape index (κ3) is 3.93. The molecule has 108 valence electrons. The Bertz CT molecular complexity index is 529. The Morgan fingerprint density at radius 3 is 2.95 bits per heavy atom. The Balaban J connectivity index is 1.89. The summed E-state index contributed by atoms with van der Waals surface area (Å²) in [7, 11) is 0. The average Bonchev–Trinajstić information content (AvgIpc) is 2.86. The quantitative estimate of drug-likeness (QED) is 0.574. The van der Waals surface area contributed by atoms with Gasteiger partial charge in [-0.05, 0) is 19.1 Å². The van der Waals surface area contributed by atoms with Crippen molar-refractivity contribution in [2.45, 2.75) is 13.0 Å². The molecule has 3 N–H and O–H groups in total. The van der Waals surface area contributed by atoms with Gasteiger partial charge in [0.15, 0.2) is 0 Å². The second-order valence-corrected chi connectivity index (χ2v) is 4.94. The Morgan fingerprint density at radius 2 is 2.25 bits per heavy atom. The maximum absolute atomic E-state index is 5.82. The highest BCUT2D eigenvalue weighted by atomic mass is 16.5. The Morgan fingerprint density at radius 1 is 1.45 bits per heavy atom. The second-order valence-electron chi connectivity index (χ2n) is 4.94. The van der Waals surface area contributed by atoms with E-state index in [9.17, 15) is 0 Å². The lowest BCUT2D eigenvalue weighted by Crippen LogP contribution is -2.30. The molecule has 0 radical (unpaired) electrons. The summed E-state index contributed by atoms with van der Waals surface area (Å²) in [4.78, 5) is 0. The van der Waals surface area contributed by atoms with Gasteiger partial charge in [-0.2, -0.15) is 0 Å². The third-order valence-electron chi connectivity index (χ3n) is 3.01. The predicted molar refractivity (Wildman–Crippen MR) is 81.6 cm³/mol. The number of rotatable bonds is 8. The number of nitrogens with two attached hydrogens (primary N) is 1. The van der Waals surface area contributed by atoms with Gasteiger partial charge in [0.25, 0.3) is 0 Å². The van der Waals surface area contributed by atoms with Crippen LogP contribution in [0.1, 0.15) is 18.7 Å². The van der Waals surface area contributed by atoms with Crippen LogP contribution in [0.25, 0.3) is 11.0 Å². The zero-order chi connectivity index (χ0) is 14.4. The molecule has 0 spiro atoms. The molecule has 0 aliphatic rings. The first kappa shape index (κ1) is 14.8. The van der Waals surface area contributed by atoms with Gasteiger partial charge < -0.3 is 20.2 Å². The first-order chi connectivity index (χ1) is 9.70. The molecule has 1 aromatic carbocycles. The van der Waals surface area contributed by atoms with E-state index < -0.39 is 0 Å². The highest BCUT2D eigenvalue weighted by molar-refractivity contribution is 5.77. The molecule has 0 aliphatic carbocycles. The minimum Gasteiger partial charge on any atom is -0.459 e. The van der Waals surface area contributed by atoms with Crippen LogP contribution in [-0.2, 0) is 4.74 Å². The topological polar surface area (TPSA) is 60.4 Å². The van der Waals surface area contributed by atoms with Crippen LogP contribution >= 0.6 is 0 Å². The summed E-state index contributed by atoms with van der Waals surface area (Å²) < 4.78 is 11.3. The number of benzene rings is 1. The van der Waals surface area contributed by atoms with Gasteiger partial charge in [0.2, 0.25) is 0 Å². The normalized spacial score (nSPS) is 12.7. The van der Waals surface area contributed by atoms with Gasteiger partial charge in [0, 0.05) is 18.5 Å². The highest BCUT2D eigenvalue weighted by Gasteiger charge is 2.13. The lowest BCUT2D eigenvalue weighted by atomic mass is 10.2. The third-order valence-corrected chi connectivity index (χ3v) is 3.01. The van der Waals surface area contributed by atoms with E-state index in [0.29, 0.717) is 19.8 Å². The van der Waals surface area contributed by atoms with Crippen LogP contribution in [0.15, 0.2) is 46.9 Å². The van der Waals surface area contributed by atoms with Gasteiger partial charge in [-0.3, -0.25) is 0 Å². The fourth-order valence-electron chi connectivity index (χ4n) is 2.03. The van der Waals surface area contributed by atoms with E-state index >= 15 is 0 Å². The highest BCUT2D eigenvalue weighted by Crippen LogP contribution is 2.23. The zero-order valence-corrected chi connectivity index (χ0v) is 11.9. The molecule has 0 saturated carbocycles. The summed E-state index contributed by atoms with van der Waals surface area (Å²) in [5, 5.41) is 4.45. The van der Waals surface area contributed by atoms with Crippen LogP contribution in [0.2, 0.25) is 0 Å². The van der Waals surface area contributed by atoms with Gasteiger partial charge in [-0.25, -0.2) is 0 Å². The van der Waals surface area contributed by atoms with E-state index in [1.807, 2.05) is 37.3 Å². The Hall–Kier alpha value is -1.62. The molecule has 20 heavy (non-hydrogen) atoms. The average molecular weight is 274 g/mol. The smallest absolute Gasteiger partial charge is 0.134 e. The predicted octanol–water partition coefficient (Wildman–Crippen LogP) is 2.61. The number of hydrogen-bond donors (Lipinski definition) is 2. The molecule has 0 saturated heterocycles. The summed E-state index contributed by atoms with van der Waals surface area (Å²) in [6, 6.07) is 10.0. The monoisotopic (exact) mass is 274 g/mol. The molecule has 0 bridgehead atoms. The molecular weight excluding hydrogens is 252 g/mol. The number of nitrogens with one attached hydrogen (secondary N) is 1. The molecule has 4 heteroatoms. The molecule has 0 aliphatic heterocycles. The van der Waals surface area contributed by atoms with Crippen molar-refractivity contribution in [1.29, 1.82) is 0 Å². The fourth-order valence-corrected chi connectivity index (χ4v) is 2.03. The van der Waals surface area contributed by atoms with Crippen molar-refractivity contribution in [3.63, 3.8) is 0 Å². The molecular formula is C16H22N2O2. The molecule has 1 aromatic heterocycles. The van der Waals surface area contributed by atoms with Crippen LogP contribution in [0.5, 0.6) is 0 Å². The van der Waals surface area contributed by atoms with Gasteiger partial charge in [-0.1, -0.05) is 30.4 Å². The van der Waals surface area contributed by atoms with Crippen LogP contribution < -0.4 is 11.1 Å². The molecule has 2 rings (SSSR count). The summed E-state index contributed by atoms with van der Waals surface area (Å²) >= 11 is 0. The van der Waals surface area contributed by atoms with Gasteiger partial charge >= 0.3 is 0 Å². The van der Waals surface area contributed by atoms with Crippen molar-refractivity contribution >= 4 is 11.0 Å². The number of ether oxygens (including phenoxy) is 1. The van der Waals surface area contributed by atoms with Crippen molar-refractivity contribution in [2.75, 3.05) is 26.3 Å². The maximum atomic E-state index is 5.82. The Labute approximate surface area is 119 Å². The van der Waals surface area contributed by atoms with Gasteiger partial charge in [-0.15, -0.1) is 0 Å². The zero-order valence-electron chi connectivity index (χ0n) is 11.9. The molecule has 1 atom stereocenters. The minimum atomic E-state index is 0.0100. The summed E-state index contributed by atoms with van der Waals surface area (Å²) in [6.07, 6.45) is 0.